The van der Waals surface area contributed by atoms with E-state index in [0.29, 0.717) is 0 Å². The third kappa shape index (κ3) is 2.77. The Hall–Kier alpha value is -4.50. The van der Waals surface area contributed by atoms with Gasteiger partial charge in [0.15, 0.2) is 0 Å². The normalized spacial score (nSPS) is 11.7. The number of rotatable bonds is 2. The monoisotopic (exact) mass is 435 g/mol. The first kappa shape index (κ1) is 19.0. The summed E-state index contributed by atoms with van der Waals surface area (Å²) in [5, 5.41) is 4.78. The van der Waals surface area contributed by atoms with Crippen molar-refractivity contribution >= 4 is 43.6 Å². The number of aryl methyl sites for hydroxylation is 1. The topological polar surface area (TPSA) is 30.7 Å². The van der Waals surface area contributed by atoms with Gasteiger partial charge in [-0.15, -0.1) is 0 Å². The largest absolute Gasteiger partial charge is 0.309 e. The molecule has 0 radical (unpaired) electrons. The molecule has 0 fully saturated rings. The van der Waals surface area contributed by atoms with Crippen LogP contribution in [0.2, 0.25) is 0 Å². The molecule has 2 aromatic heterocycles. The van der Waals surface area contributed by atoms with Gasteiger partial charge in [-0.3, -0.25) is 0 Å². The Morgan fingerprint density at radius 1 is 0.588 bits per heavy atom. The molecule has 0 atom stereocenters. The number of aromatic nitrogens is 3. The fraction of sp³-hybridized carbons (Fsp3) is 0.0323. The molecule has 0 spiro atoms. The molecule has 0 aliphatic carbocycles. The van der Waals surface area contributed by atoms with E-state index in [4.69, 9.17) is 9.97 Å². The van der Waals surface area contributed by atoms with Crippen LogP contribution < -0.4 is 0 Å². The van der Waals surface area contributed by atoms with Gasteiger partial charge in [0.1, 0.15) is 0 Å². The zero-order valence-corrected chi connectivity index (χ0v) is 18.7. The summed E-state index contributed by atoms with van der Waals surface area (Å²) >= 11 is 0. The maximum absolute atomic E-state index is 5.08. The Bertz CT molecular complexity index is 1860. The lowest BCUT2D eigenvalue weighted by molar-refractivity contribution is 1.18. The van der Waals surface area contributed by atoms with Crippen molar-refractivity contribution in [2.24, 2.45) is 0 Å². The number of hydrogen-bond acceptors (Lipinski definition) is 2. The van der Waals surface area contributed by atoms with Gasteiger partial charge in [0.05, 0.1) is 33.5 Å². The average molecular weight is 436 g/mol. The van der Waals surface area contributed by atoms with Crippen molar-refractivity contribution in [3.8, 4) is 16.9 Å². The number of nitrogens with zero attached hydrogens (tertiary/aromatic N) is 3. The van der Waals surface area contributed by atoms with Crippen LogP contribution in [-0.2, 0) is 0 Å². The summed E-state index contributed by atoms with van der Waals surface area (Å²) in [6, 6.07) is 38.3. The molecule has 2 heterocycles. The number of fused-ring (bicyclic) bond motifs is 6. The summed E-state index contributed by atoms with van der Waals surface area (Å²) in [5.74, 6) is 0. The smallest absolute Gasteiger partial charge is 0.0968 e. The molecule has 0 N–H and O–H groups in total. The van der Waals surface area contributed by atoms with Gasteiger partial charge in [-0.2, -0.15) is 0 Å². The first-order valence-electron chi connectivity index (χ1n) is 11.5. The summed E-state index contributed by atoms with van der Waals surface area (Å²) in [6.07, 6.45) is 0. The van der Waals surface area contributed by atoms with Crippen LogP contribution in [0.5, 0.6) is 0 Å². The SMILES string of the molecule is Cc1nc2c(ccc3ccccc32)nc1-c1ccc2c(c1)c1ccccc1n2-c1ccccc1. The molecular weight excluding hydrogens is 414 g/mol. The Morgan fingerprint density at radius 3 is 2.21 bits per heavy atom. The van der Waals surface area contributed by atoms with Gasteiger partial charge in [0.25, 0.3) is 0 Å². The molecule has 3 heteroatoms. The van der Waals surface area contributed by atoms with Gasteiger partial charge in [0.2, 0.25) is 0 Å². The standard InChI is InChI=1S/C31H21N3/c1-20-30(33-27-17-15-21-9-5-6-12-24(21)31(27)32-20)22-16-18-29-26(19-22)25-13-7-8-14-28(25)34(29)23-10-3-2-4-11-23/h2-19H,1H3. The van der Waals surface area contributed by atoms with Crippen molar-refractivity contribution in [2.45, 2.75) is 6.92 Å². The van der Waals surface area contributed by atoms with E-state index in [9.17, 15) is 0 Å². The molecule has 0 aliphatic heterocycles. The molecule has 0 aliphatic rings. The molecule has 7 aromatic rings. The molecule has 7 rings (SSSR count). The quantitative estimate of drug-likeness (QED) is 0.259. The van der Waals surface area contributed by atoms with Crippen molar-refractivity contribution in [1.29, 1.82) is 0 Å². The van der Waals surface area contributed by atoms with Gasteiger partial charge < -0.3 is 4.57 Å². The second-order valence-electron chi connectivity index (χ2n) is 8.73. The van der Waals surface area contributed by atoms with E-state index in [2.05, 4.69) is 121 Å². The van der Waals surface area contributed by atoms with Crippen LogP contribution in [-0.4, -0.2) is 14.5 Å². The van der Waals surface area contributed by atoms with Gasteiger partial charge in [0, 0.05) is 27.4 Å². The lowest BCUT2D eigenvalue weighted by Gasteiger charge is -2.10. The average Bonchev–Trinajstić information content (AvgIpc) is 3.22. The van der Waals surface area contributed by atoms with Crippen LogP contribution in [0.3, 0.4) is 0 Å². The van der Waals surface area contributed by atoms with E-state index in [1.807, 2.05) is 0 Å². The summed E-state index contributed by atoms with van der Waals surface area (Å²) in [4.78, 5) is 10.1. The first-order chi connectivity index (χ1) is 16.8. The number of hydrogen-bond donors (Lipinski definition) is 0. The Labute approximate surface area is 196 Å². The zero-order valence-electron chi connectivity index (χ0n) is 18.7. The van der Waals surface area contributed by atoms with Gasteiger partial charge in [-0.05, 0) is 48.7 Å². The van der Waals surface area contributed by atoms with Crippen molar-refractivity contribution in [3.05, 3.63) is 115 Å². The Balaban J connectivity index is 1.49. The Morgan fingerprint density at radius 2 is 1.32 bits per heavy atom. The minimum Gasteiger partial charge on any atom is -0.309 e. The van der Waals surface area contributed by atoms with Crippen molar-refractivity contribution in [1.82, 2.24) is 14.5 Å². The molecule has 5 aromatic carbocycles. The second kappa shape index (κ2) is 7.26. The van der Waals surface area contributed by atoms with E-state index >= 15 is 0 Å². The molecule has 0 amide bonds. The minimum absolute atomic E-state index is 0.922. The van der Waals surface area contributed by atoms with Crippen LogP contribution >= 0.6 is 0 Å². The van der Waals surface area contributed by atoms with Crippen LogP contribution in [0.25, 0.3) is 60.6 Å². The van der Waals surface area contributed by atoms with Crippen molar-refractivity contribution in [3.63, 3.8) is 0 Å². The second-order valence-corrected chi connectivity index (χ2v) is 8.73. The van der Waals surface area contributed by atoms with E-state index in [1.165, 1.54) is 27.2 Å². The molecule has 0 saturated carbocycles. The summed E-state index contributed by atoms with van der Waals surface area (Å²) < 4.78 is 2.33. The van der Waals surface area contributed by atoms with E-state index < -0.39 is 0 Å². The van der Waals surface area contributed by atoms with Crippen LogP contribution in [0.4, 0.5) is 0 Å². The highest BCUT2D eigenvalue weighted by atomic mass is 15.0. The van der Waals surface area contributed by atoms with Crippen LogP contribution in [0, 0.1) is 6.92 Å². The van der Waals surface area contributed by atoms with E-state index in [-0.39, 0.29) is 0 Å². The molecular formula is C31H21N3. The summed E-state index contributed by atoms with van der Waals surface area (Å²) in [6.45, 7) is 2.06. The van der Waals surface area contributed by atoms with Gasteiger partial charge in [-0.25, -0.2) is 9.97 Å². The fourth-order valence-electron chi connectivity index (χ4n) is 5.12. The Kier molecular flexibility index (Phi) is 4.06. The molecule has 0 bridgehead atoms. The number of benzene rings is 5. The van der Waals surface area contributed by atoms with Crippen LogP contribution in [0.15, 0.2) is 109 Å². The summed E-state index contributed by atoms with van der Waals surface area (Å²) in [7, 11) is 0. The highest BCUT2D eigenvalue weighted by Gasteiger charge is 2.15. The maximum atomic E-state index is 5.08. The van der Waals surface area contributed by atoms with Gasteiger partial charge >= 0.3 is 0 Å². The highest BCUT2D eigenvalue weighted by molar-refractivity contribution is 6.10. The first-order valence-corrected chi connectivity index (χ1v) is 11.5. The van der Waals surface area contributed by atoms with Gasteiger partial charge in [-0.1, -0.05) is 72.8 Å². The maximum Gasteiger partial charge on any atom is 0.0968 e. The number of para-hydroxylation sites is 2. The third-order valence-electron chi connectivity index (χ3n) is 6.69. The lowest BCUT2D eigenvalue weighted by Crippen LogP contribution is -1.96. The van der Waals surface area contributed by atoms with Crippen molar-refractivity contribution < 1.29 is 0 Å². The fourth-order valence-corrected chi connectivity index (χ4v) is 5.12. The predicted octanol–water partition coefficient (Wildman–Crippen LogP) is 7.86. The molecule has 3 nitrogen and oxygen atoms in total. The molecule has 0 unspecified atom stereocenters. The van der Waals surface area contributed by atoms with Crippen LogP contribution in [0.1, 0.15) is 5.69 Å². The predicted molar refractivity (Wildman–Crippen MR) is 142 cm³/mol. The van der Waals surface area contributed by atoms with E-state index in [1.54, 1.807) is 0 Å². The molecule has 34 heavy (non-hydrogen) atoms. The van der Waals surface area contributed by atoms with Crippen molar-refractivity contribution in [2.75, 3.05) is 0 Å². The molecule has 160 valence electrons. The minimum atomic E-state index is 0.922. The lowest BCUT2D eigenvalue weighted by atomic mass is 10.0. The van der Waals surface area contributed by atoms with E-state index in [0.717, 1.165) is 39.1 Å². The molecule has 0 saturated heterocycles. The summed E-state index contributed by atoms with van der Waals surface area (Å²) in [5.41, 5.74) is 8.39. The zero-order chi connectivity index (χ0) is 22.6. The third-order valence-corrected chi connectivity index (χ3v) is 6.69. The highest BCUT2D eigenvalue weighted by Crippen LogP contribution is 2.35.